The molecule has 0 aliphatic heterocycles. The van der Waals surface area contributed by atoms with Gasteiger partial charge in [0.1, 0.15) is 0 Å². The van der Waals surface area contributed by atoms with Crippen LogP contribution in [0.3, 0.4) is 0 Å². The number of hydrogen-bond acceptors (Lipinski definition) is 3. The summed E-state index contributed by atoms with van der Waals surface area (Å²) >= 11 is 0. The third-order valence-corrected chi connectivity index (χ3v) is 0.714. The van der Waals surface area contributed by atoms with Crippen LogP contribution in [0.1, 0.15) is 0 Å². The number of hydrogen-bond donors (Lipinski definition) is 3. The molecule has 0 rings (SSSR count). The van der Waals surface area contributed by atoms with E-state index in [9.17, 15) is 9.59 Å². The van der Waals surface area contributed by atoms with E-state index in [4.69, 9.17) is 10.2 Å². The summed E-state index contributed by atoms with van der Waals surface area (Å²) in [5.74, 6) is -1.63. The minimum absolute atomic E-state index is 0.0417. The Morgan fingerprint density at radius 1 is 1.50 bits per heavy atom. The molecule has 0 spiro atoms. The van der Waals surface area contributed by atoms with E-state index in [0.29, 0.717) is 0 Å². The summed E-state index contributed by atoms with van der Waals surface area (Å²) in [5, 5.41) is 15.7. The molecule has 0 saturated heterocycles. The van der Waals surface area contributed by atoms with E-state index < -0.39 is 11.9 Å². The first kappa shape index (κ1) is 13.0. The zero-order chi connectivity index (χ0) is 10.1. The van der Waals surface area contributed by atoms with E-state index in [2.05, 4.69) is 18.9 Å². The van der Waals surface area contributed by atoms with Crippen LogP contribution in [0.5, 0.6) is 0 Å². The van der Waals surface area contributed by atoms with Crippen molar-refractivity contribution in [1.82, 2.24) is 0 Å². The number of carboxylic acid groups (broad SMARTS) is 1. The molecule has 4 N–H and O–H groups in total. The lowest BCUT2D eigenvalue weighted by Crippen LogP contribution is -2.14. The van der Waals surface area contributed by atoms with Crippen molar-refractivity contribution in [2.45, 2.75) is 0 Å². The van der Waals surface area contributed by atoms with Crippen molar-refractivity contribution in [1.29, 1.82) is 0 Å². The van der Waals surface area contributed by atoms with Gasteiger partial charge in [0.15, 0.2) is 0 Å². The van der Waals surface area contributed by atoms with E-state index in [1.807, 2.05) is 0 Å². The number of aliphatic carboxylic acids is 1. The molecule has 1 amide bonds. The van der Waals surface area contributed by atoms with E-state index in [-0.39, 0.29) is 12.2 Å². The highest BCUT2D eigenvalue weighted by atomic mass is 16.4. The second kappa shape index (κ2) is 7.49. The molecule has 0 aliphatic carbocycles. The van der Waals surface area contributed by atoms with Crippen molar-refractivity contribution in [3.05, 3.63) is 24.8 Å². The zero-order valence-electron chi connectivity index (χ0n) is 6.49. The predicted molar refractivity (Wildman–Crippen MR) is 43.3 cm³/mol. The number of carboxylic acids is 1. The second-order valence-electron chi connectivity index (χ2n) is 1.67. The van der Waals surface area contributed by atoms with Gasteiger partial charge in [0.25, 0.3) is 0 Å². The maximum absolute atomic E-state index is 9.89. The number of carbonyl (C=O) groups excluding carboxylic acids is 1. The molecule has 0 saturated carbocycles. The van der Waals surface area contributed by atoms with E-state index in [0.717, 1.165) is 6.08 Å². The third kappa shape index (κ3) is 11.2. The molecule has 0 aromatic carbocycles. The average molecular weight is 173 g/mol. The number of aliphatic hydroxyl groups excluding tert-OH is 1. The maximum Gasteiger partial charge on any atom is 0.327 e. The molecule has 0 heterocycles. The molecule has 5 heteroatoms. The average Bonchev–Trinajstić information content (AvgIpc) is 2.04. The summed E-state index contributed by atoms with van der Waals surface area (Å²) in [6, 6.07) is 0. The maximum atomic E-state index is 9.89. The molecular formula is C7H11NO4. The van der Waals surface area contributed by atoms with Crippen molar-refractivity contribution >= 4 is 11.9 Å². The van der Waals surface area contributed by atoms with E-state index >= 15 is 0 Å². The molecule has 0 bridgehead atoms. The Balaban J connectivity index is 0. The molecule has 0 aromatic rings. The zero-order valence-corrected chi connectivity index (χ0v) is 6.49. The van der Waals surface area contributed by atoms with Crippen LogP contribution in [0.2, 0.25) is 0 Å². The first-order valence-corrected chi connectivity index (χ1v) is 2.89. The first-order chi connectivity index (χ1) is 5.45. The van der Waals surface area contributed by atoms with E-state index in [1.54, 1.807) is 0 Å². The van der Waals surface area contributed by atoms with Gasteiger partial charge in [-0.3, -0.25) is 4.79 Å². The number of aliphatic hydroxyl groups is 1. The number of amides is 1. The van der Waals surface area contributed by atoms with Gasteiger partial charge in [0.05, 0.1) is 6.61 Å². The summed E-state index contributed by atoms with van der Waals surface area (Å²) in [6.45, 7) is 5.76. The van der Waals surface area contributed by atoms with Gasteiger partial charge in [-0.05, 0) is 0 Å². The van der Waals surface area contributed by atoms with Gasteiger partial charge < -0.3 is 15.9 Å². The van der Waals surface area contributed by atoms with Crippen molar-refractivity contribution < 1.29 is 19.8 Å². The van der Waals surface area contributed by atoms with Crippen LogP contribution in [-0.4, -0.2) is 28.7 Å². The number of carbonyl (C=O) groups is 2. The van der Waals surface area contributed by atoms with Crippen LogP contribution < -0.4 is 5.73 Å². The summed E-state index contributed by atoms with van der Waals surface area (Å²) in [7, 11) is 0. The van der Waals surface area contributed by atoms with Crippen molar-refractivity contribution in [2.75, 3.05) is 6.61 Å². The van der Waals surface area contributed by atoms with Crippen LogP contribution in [-0.2, 0) is 9.59 Å². The predicted octanol–water partition coefficient (Wildman–Crippen LogP) is -0.723. The largest absolute Gasteiger partial charge is 0.478 e. The summed E-state index contributed by atoms with van der Waals surface area (Å²) < 4.78 is 0. The molecule has 12 heavy (non-hydrogen) atoms. The fourth-order valence-corrected chi connectivity index (χ4v) is 0.0779. The topological polar surface area (TPSA) is 101 Å². The van der Waals surface area contributed by atoms with Gasteiger partial charge in [0.2, 0.25) is 5.91 Å². The Hall–Kier alpha value is -1.62. The highest BCUT2D eigenvalue weighted by molar-refractivity contribution is 5.91. The summed E-state index contributed by atoms with van der Waals surface area (Å²) in [6.07, 6.45) is 0.833. The first-order valence-electron chi connectivity index (χ1n) is 2.89. The fraction of sp³-hybridized carbons (Fsp3) is 0.143. The number of nitrogens with two attached hydrogens (primary N) is 1. The minimum Gasteiger partial charge on any atom is -0.478 e. The molecule has 68 valence electrons. The molecule has 0 radical (unpaired) electrons. The van der Waals surface area contributed by atoms with Crippen LogP contribution >= 0.6 is 0 Å². The normalized spacial score (nSPS) is 7.42. The highest BCUT2D eigenvalue weighted by Gasteiger charge is 1.94. The van der Waals surface area contributed by atoms with Crippen LogP contribution in [0.25, 0.3) is 0 Å². The van der Waals surface area contributed by atoms with Gasteiger partial charge in [0, 0.05) is 11.6 Å². The van der Waals surface area contributed by atoms with Gasteiger partial charge in [-0.1, -0.05) is 13.2 Å². The molecular weight excluding hydrogens is 162 g/mol. The van der Waals surface area contributed by atoms with Crippen LogP contribution in [0.4, 0.5) is 0 Å². The molecule has 5 nitrogen and oxygen atoms in total. The molecule has 0 aromatic heterocycles. The SMILES string of the molecule is C=C(CO)C(N)=O.C=CC(=O)O. The lowest BCUT2D eigenvalue weighted by atomic mass is 10.3. The van der Waals surface area contributed by atoms with Crippen molar-refractivity contribution in [3.63, 3.8) is 0 Å². The van der Waals surface area contributed by atoms with Crippen molar-refractivity contribution in [3.8, 4) is 0 Å². The van der Waals surface area contributed by atoms with Gasteiger partial charge in [-0.15, -0.1) is 0 Å². The third-order valence-electron chi connectivity index (χ3n) is 0.714. The smallest absolute Gasteiger partial charge is 0.327 e. The number of rotatable bonds is 3. The molecule has 0 atom stereocenters. The van der Waals surface area contributed by atoms with E-state index in [1.165, 1.54) is 0 Å². The monoisotopic (exact) mass is 173 g/mol. The lowest BCUT2D eigenvalue weighted by Gasteiger charge is -1.88. The van der Waals surface area contributed by atoms with Crippen LogP contribution in [0, 0.1) is 0 Å². The van der Waals surface area contributed by atoms with Gasteiger partial charge >= 0.3 is 5.97 Å². The fourth-order valence-electron chi connectivity index (χ4n) is 0.0779. The van der Waals surface area contributed by atoms with Gasteiger partial charge in [-0.2, -0.15) is 0 Å². The minimum atomic E-state index is -0.981. The highest BCUT2D eigenvalue weighted by Crippen LogP contribution is 1.80. The van der Waals surface area contributed by atoms with Crippen molar-refractivity contribution in [2.24, 2.45) is 5.73 Å². The Bertz CT molecular complexity index is 198. The lowest BCUT2D eigenvalue weighted by molar-refractivity contribution is -0.131. The summed E-state index contributed by atoms with van der Waals surface area (Å²) in [5.41, 5.74) is 4.69. The molecule has 0 aliphatic rings. The second-order valence-corrected chi connectivity index (χ2v) is 1.67. The molecule has 0 fully saturated rings. The molecule has 0 unspecified atom stereocenters. The van der Waals surface area contributed by atoms with Crippen LogP contribution in [0.15, 0.2) is 24.8 Å². The summed E-state index contributed by atoms with van der Waals surface area (Å²) in [4.78, 5) is 19.1. The standard InChI is InChI=1S/C4H7NO2.C3H4O2/c1-3(2-6)4(5)7;1-2-3(4)5/h6H,1-2H2,(H2,5,7);2H,1H2,(H,4,5). The quantitative estimate of drug-likeness (QED) is 0.490. The van der Waals surface area contributed by atoms with Gasteiger partial charge in [-0.25, -0.2) is 4.79 Å². The Morgan fingerprint density at radius 2 is 1.83 bits per heavy atom. The Morgan fingerprint density at radius 3 is 1.83 bits per heavy atom. The Kier molecular flexibility index (Phi) is 8.11. The Labute approximate surface area is 69.8 Å². The number of primary amides is 1.